The van der Waals surface area contributed by atoms with Crippen LogP contribution in [0.2, 0.25) is 0 Å². The summed E-state index contributed by atoms with van der Waals surface area (Å²) >= 11 is 0. The highest BCUT2D eigenvalue weighted by Crippen LogP contribution is 2.42. The number of nitrogens with zero attached hydrogens (tertiary/aromatic N) is 1. The minimum atomic E-state index is -0.104. The van der Waals surface area contributed by atoms with Gasteiger partial charge in [0.05, 0.1) is 5.54 Å². The number of carbonyl (C=O) groups is 1. The highest BCUT2D eigenvalue weighted by atomic mass is 16.1. The van der Waals surface area contributed by atoms with Gasteiger partial charge in [-0.1, -0.05) is 72.8 Å². The largest absolute Gasteiger partial charge is 0.361 e. The van der Waals surface area contributed by atoms with Crippen molar-refractivity contribution in [3.05, 3.63) is 95.2 Å². The van der Waals surface area contributed by atoms with Crippen LogP contribution in [0.25, 0.3) is 0 Å². The summed E-state index contributed by atoms with van der Waals surface area (Å²) in [4.78, 5) is 15.3. The van der Waals surface area contributed by atoms with Crippen LogP contribution in [0.4, 0.5) is 0 Å². The number of Topliss-reactive ketones (excluding diaryl/α,β-unsaturated/α-hetero) is 1. The van der Waals surface area contributed by atoms with Gasteiger partial charge in [0.25, 0.3) is 0 Å². The lowest BCUT2D eigenvalue weighted by molar-refractivity contribution is -0.116. The van der Waals surface area contributed by atoms with Crippen molar-refractivity contribution < 1.29 is 4.79 Å². The molecule has 1 aliphatic heterocycles. The minimum Gasteiger partial charge on any atom is -0.361 e. The molecule has 2 aromatic carbocycles. The fourth-order valence-electron chi connectivity index (χ4n) is 4.11. The molecule has 0 saturated heterocycles. The Hall–Kier alpha value is -2.61. The number of benzene rings is 2. The smallest absolute Gasteiger partial charge is 0.165 e. The van der Waals surface area contributed by atoms with Gasteiger partial charge < -0.3 is 4.90 Å². The van der Waals surface area contributed by atoms with Crippen LogP contribution in [0.5, 0.6) is 0 Å². The Morgan fingerprint density at radius 1 is 0.962 bits per heavy atom. The van der Waals surface area contributed by atoms with Crippen molar-refractivity contribution >= 4 is 5.78 Å². The van der Waals surface area contributed by atoms with Crippen LogP contribution >= 0.6 is 0 Å². The van der Waals surface area contributed by atoms with Gasteiger partial charge in [0.1, 0.15) is 0 Å². The molecule has 0 radical (unpaired) electrons. The molecule has 0 spiro atoms. The van der Waals surface area contributed by atoms with E-state index in [9.17, 15) is 4.79 Å². The molecule has 1 aliphatic carbocycles. The summed E-state index contributed by atoms with van der Waals surface area (Å²) in [5.41, 5.74) is 4.54. The molecule has 26 heavy (non-hydrogen) atoms. The Bertz CT molecular complexity index is 862. The summed E-state index contributed by atoms with van der Waals surface area (Å²) in [6, 6.07) is 21.0. The second kappa shape index (κ2) is 6.60. The van der Waals surface area contributed by atoms with Crippen molar-refractivity contribution in [2.24, 2.45) is 0 Å². The molecular weight excluding hydrogens is 318 g/mol. The molecule has 0 bridgehead atoms. The number of carbonyl (C=O) groups excluding carboxylic acids is 1. The Balaban J connectivity index is 1.71. The average molecular weight is 343 g/mol. The van der Waals surface area contributed by atoms with Crippen LogP contribution in [0.15, 0.2) is 84.1 Å². The maximum Gasteiger partial charge on any atom is 0.165 e. The number of rotatable bonds is 3. The predicted octanol–water partition coefficient (Wildman–Crippen LogP) is 5.24. The first-order valence-electron chi connectivity index (χ1n) is 9.37. The van der Waals surface area contributed by atoms with Gasteiger partial charge in [-0.05, 0) is 37.3 Å². The van der Waals surface area contributed by atoms with Crippen LogP contribution in [0, 0.1) is 0 Å². The normalized spacial score (nSPS) is 21.7. The van der Waals surface area contributed by atoms with Crippen LogP contribution < -0.4 is 0 Å². The third-order valence-corrected chi connectivity index (χ3v) is 5.62. The van der Waals surface area contributed by atoms with Gasteiger partial charge in [-0.3, -0.25) is 4.79 Å². The molecule has 0 fully saturated rings. The molecule has 0 aromatic heterocycles. The number of allylic oxidation sites excluding steroid dienone is 3. The fourth-order valence-corrected chi connectivity index (χ4v) is 4.11. The molecule has 0 amide bonds. The van der Waals surface area contributed by atoms with E-state index in [0.29, 0.717) is 6.42 Å². The van der Waals surface area contributed by atoms with Crippen molar-refractivity contribution in [1.82, 2.24) is 4.90 Å². The summed E-state index contributed by atoms with van der Waals surface area (Å²) in [6.45, 7) is 5.28. The minimum absolute atomic E-state index is 0.104. The van der Waals surface area contributed by atoms with Gasteiger partial charge in [-0.25, -0.2) is 0 Å². The summed E-state index contributed by atoms with van der Waals surface area (Å²) in [7, 11) is 0. The molecule has 2 nitrogen and oxygen atoms in total. The Morgan fingerprint density at radius 3 is 2.31 bits per heavy atom. The van der Waals surface area contributed by atoms with Gasteiger partial charge in [0.15, 0.2) is 5.78 Å². The van der Waals surface area contributed by atoms with E-state index < -0.39 is 0 Å². The molecule has 2 heteroatoms. The summed E-state index contributed by atoms with van der Waals surface area (Å²) in [6.07, 6.45) is 5.76. The maximum absolute atomic E-state index is 12.9. The molecule has 1 atom stereocenters. The number of ketones is 1. The average Bonchev–Trinajstić information content (AvgIpc) is 2.65. The lowest BCUT2D eigenvalue weighted by atomic mass is 9.78. The van der Waals surface area contributed by atoms with Crippen molar-refractivity contribution in [3.63, 3.8) is 0 Å². The van der Waals surface area contributed by atoms with E-state index in [1.54, 1.807) is 0 Å². The molecule has 1 unspecified atom stereocenters. The van der Waals surface area contributed by atoms with E-state index in [4.69, 9.17) is 0 Å². The summed E-state index contributed by atoms with van der Waals surface area (Å²) in [5.74, 6) is 0.535. The van der Waals surface area contributed by atoms with Gasteiger partial charge in [0.2, 0.25) is 0 Å². The zero-order chi connectivity index (χ0) is 18.1. The second-order valence-electron chi connectivity index (χ2n) is 7.86. The Morgan fingerprint density at radius 2 is 1.62 bits per heavy atom. The lowest BCUT2D eigenvalue weighted by Gasteiger charge is -2.46. The van der Waals surface area contributed by atoms with Crippen LogP contribution in [0.1, 0.15) is 43.7 Å². The summed E-state index contributed by atoms with van der Waals surface area (Å²) in [5, 5.41) is 0. The highest BCUT2D eigenvalue weighted by Gasteiger charge is 2.37. The molecule has 2 aliphatic rings. The van der Waals surface area contributed by atoms with Gasteiger partial charge in [0, 0.05) is 24.2 Å². The quantitative estimate of drug-likeness (QED) is 0.760. The van der Waals surface area contributed by atoms with Gasteiger partial charge in [-0.2, -0.15) is 0 Å². The van der Waals surface area contributed by atoms with Crippen LogP contribution in [0.3, 0.4) is 0 Å². The van der Waals surface area contributed by atoms with Crippen molar-refractivity contribution in [3.8, 4) is 0 Å². The molecule has 2 aromatic rings. The second-order valence-corrected chi connectivity index (χ2v) is 7.86. The zero-order valence-corrected chi connectivity index (χ0v) is 15.5. The standard InChI is InChI=1S/C24H25NO/c1-24(2)14-13-21-22(25(24)17-18-9-5-3-6-10-18)15-20(16-23(21)26)19-11-7-4-8-12-19/h3-14,20H,15-17H2,1-2H3. The van der Waals surface area contributed by atoms with E-state index in [-0.39, 0.29) is 17.2 Å². The van der Waals surface area contributed by atoms with Crippen molar-refractivity contribution in [2.75, 3.05) is 0 Å². The summed E-state index contributed by atoms with van der Waals surface area (Å²) < 4.78 is 0. The zero-order valence-electron chi connectivity index (χ0n) is 15.5. The van der Waals surface area contributed by atoms with Crippen LogP contribution in [-0.4, -0.2) is 16.2 Å². The first-order valence-corrected chi connectivity index (χ1v) is 9.37. The molecule has 4 rings (SSSR count). The predicted molar refractivity (Wildman–Crippen MR) is 106 cm³/mol. The van der Waals surface area contributed by atoms with E-state index in [2.05, 4.69) is 79.4 Å². The maximum atomic E-state index is 12.9. The van der Waals surface area contributed by atoms with Crippen LogP contribution in [-0.2, 0) is 11.3 Å². The van der Waals surface area contributed by atoms with E-state index in [0.717, 1.165) is 18.5 Å². The Labute approximate surface area is 155 Å². The first-order chi connectivity index (χ1) is 12.5. The monoisotopic (exact) mass is 343 g/mol. The fraction of sp³-hybridized carbons (Fsp3) is 0.292. The third-order valence-electron chi connectivity index (χ3n) is 5.62. The highest BCUT2D eigenvalue weighted by molar-refractivity contribution is 6.00. The first kappa shape index (κ1) is 16.8. The van der Waals surface area contributed by atoms with E-state index in [1.807, 2.05) is 12.1 Å². The molecule has 132 valence electrons. The SMILES string of the molecule is CC1(C)C=CC2=C(CC(c3ccccc3)CC2=O)N1Cc1ccccc1. The molecule has 0 N–H and O–H groups in total. The van der Waals surface area contributed by atoms with Gasteiger partial charge >= 0.3 is 0 Å². The van der Waals surface area contributed by atoms with E-state index in [1.165, 1.54) is 16.8 Å². The number of hydrogen-bond donors (Lipinski definition) is 0. The Kier molecular flexibility index (Phi) is 4.28. The number of hydrogen-bond acceptors (Lipinski definition) is 2. The van der Waals surface area contributed by atoms with Gasteiger partial charge in [-0.15, -0.1) is 0 Å². The van der Waals surface area contributed by atoms with Crippen molar-refractivity contribution in [2.45, 2.75) is 44.7 Å². The third kappa shape index (κ3) is 3.12. The van der Waals surface area contributed by atoms with Crippen molar-refractivity contribution in [1.29, 1.82) is 0 Å². The molecule has 0 saturated carbocycles. The topological polar surface area (TPSA) is 20.3 Å². The molecule has 1 heterocycles. The van der Waals surface area contributed by atoms with E-state index >= 15 is 0 Å². The molecular formula is C24H25NO. The lowest BCUT2D eigenvalue weighted by Crippen LogP contribution is -2.45.